The Balaban J connectivity index is 1.43. The van der Waals surface area contributed by atoms with Crippen LogP contribution in [0.3, 0.4) is 0 Å². The fourth-order valence-corrected chi connectivity index (χ4v) is 4.30. The van der Waals surface area contributed by atoms with E-state index in [0.717, 1.165) is 53.4 Å². The molecule has 0 bridgehead atoms. The van der Waals surface area contributed by atoms with Crippen LogP contribution in [0.5, 0.6) is 11.5 Å². The van der Waals surface area contributed by atoms with Gasteiger partial charge in [-0.3, -0.25) is 9.59 Å². The van der Waals surface area contributed by atoms with Gasteiger partial charge in [0.25, 0.3) is 0 Å². The lowest BCUT2D eigenvalue weighted by molar-refractivity contribution is 0.103. The number of ether oxygens (including phenoxy) is 2. The summed E-state index contributed by atoms with van der Waals surface area (Å²) < 4.78 is 10.3. The minimum atomic E-state index is -0.0545. The smallest absolute Gasteiger partial charge is 0.185 e. The van der Waals surface area contributed by atoms with Crippen LogP contribution in [0.1, 0.15) is 51.6 Å². The molecule has 0 atom stereocenters. The van der Waals surface area contributed by atoms with E-state index in [1.54, 1.807) is 74.9 Å². The average Bonchev–Trinajstić information content (AvgIpc) is 3.03. The number of hydrogen-bond acceptors (Lipinski definition) is 5. The lowest BCUT2D eigenvalue weighted by Gasteiger charge is -2.25. The van der Waals surface area contributed by atoms with Gasteiger partial charge in [0.2, 0.25) is 0 Å². The van der Waals surface area contributed by atoms with Gasteiger partial charge in [0, 0.05) is 29.0 Å². The van der Waals surface area contributed by atoms with Gasteiger partial charge in [-0.1, -0.05) is 49.8 Å². The highest BCUT2D eigenvalue weighted by molar-refractivity contribution is 6.07. The molecule has 208 valence electrons. The number of ketones is 2. The molecule has 0 spiro atoms. The molecule has 0 amide bonds. The highest BCUT2D eigenvalue weighted by atomic mass is 16.5. The number of carbonyl (C=O) groups excluding carboxylic acids is 2. The minimum Gasteiger partial charge on any atom is -0.497 e. The van der Waals surface area contributed by atoms with Crippen molar-refractivity contribution in [3.63, 3.8) is 0 Å². The van der Waals surface area contributed by atoms with E-state index in [2.05, 4.69) is 36.1 Å². The molecule has 5 heteroatoms. The molecule has 0 saturated heterocycles. The number of allylic oxidation sites excluding steroid dienone is 2. The predicted molar refractivity (Wildman–Crippen MR) is 168 cm³/mol. The quantitative estimate of drug-likeness (QED) is 0.125. The van der Waals surface area contributed by atoms with Crippen molar-refractivity contribution >= 4 is 35.1 Å². The van der Waals surface area contributed by atoms with Crippen molar-refractivity contribution in [1.82, 2.24) is 0 Å². The third kappa shape index (κ3) is 8.05. The van der Waals surface area contributed by atoms with E-state index >= 15 is 0 Å². The number of rotatable bonds is 13. The van der Waals surface area contributed by atoms with E-state index in [0.29, 0.717) is 11.1 Å². The topological polar surface area (TPSA) is 55.8 Å². The Morgan fingerprint density at radius 2 is 1.00 bits per heavy atom. The maximum atomic E-state index is 12.5. The molecule has 41 heavy (non-hydrogen) atoms. The van der Waals surface area contributed by atoms with Crippen LogP contribution in [0.25, 0.3) is 12.2 Å². The van der Waals surface area contributed by atoms with Gasteiger partial charge in [-0.25, -0.2) is 0 Å². The monoisotopic (exact) mass is 545 g/mol. The fraction of sp³-hybridized carbons (Fsp3) is 0.167. The number of carbonyl (C=O) groups is 2. The second-order valence-electron chi connectivity index (χ2n) is 9.54. The summed E-state index contributed by atoms with van der Waals surface area (Å²) in [6.45, 7) is 3.06. The number of anilines is 2. The highest BCUT2D eigenvalue weighted by Gasteiger charge is 2.10. The Kier molecular flexibility index (Phi) is 10.3. The normalized spacial score (nSPS) is 11.1. The third-order valence-corrected chi connectivity index (χ3v) is 6.75. The zero-order chi connectivity index (χ0) is 29.0. The summed E-state index contributed by atoms with van der Waals surface area (Å²) in [4.78, 5) is 27.4. The van der Waals surface area contributed by atoms with Crippen LogP contribution in [-0.4, -0.2) is 32.3 Å². The van der Waals surface area contributed by atoms with Gasteiger partial charge in [-0.15, -0.1) is 0 Å². The van der Waals surface area contributed by atoms with E-state index < -0.39 is 0 Å². The molecule has 0 aliphatic heterocycles. The maximum Gasteiger partial charge on any atom is 0.185 e. The van der Waals surface area contributed by atoms with E-state index in [1.807, 2.05) is 36.4 Å². The van der Waals surface area contributed by atoms with Crippen molar-refractivity contribution in [2.75, 3.05) is 25.7 Å². The van der Waals surface area contributed by atoms with E-state index in [1.165, 1.54) is 0 Å². The molecule has 0 aliphatic carbocycles. The minimum absolute atomic E-state index is 0.0545. The van der Waals surface area contributed by atoms with Gasteiger partial charge in [0.05, 0.1) is 14.2 Å². The molecule has 0 N–H and O–H groups in total. The molecule has 0 radical (unpaired) electrons. The molecule has 0 heterocycles. The van der Waals surface area contributed by atoms with E-state index in [4.69, 9.17) is 9.47 Å². The zero-order valence-electron chi connectivity index (χ0n) is 23.7. The molecule has 0 aliphatic rings. The summed E-state index contributed by atoms with van der Waals surface area (Å²) in [6, 6.07) is 30.6. The number of hydrogen-bond donors (Lipinski definition) is 0. The summed E-state index contributed by atoms with van der Waals surface area (Å²) in [5.74, 6) is 1.33. The van der Waals surface area contributed by atoms with Crippen LogP contribution in [0, 0.1) is 0 Å². The Morgan fingerprint density at radius 3 is 1.34 bits per heavy atom. The van der Waals surface area contributed by atoms with Gasteiger partial charge >= 0.3 is 0 Å². The van der Waals surface area contributed by atoms with Crippen molar-refractivity contribution in [3.05, 3.63) is 131 Å². The molecule has 0 saturated carbocycles. The van der Waals surface area contributed by atoms with Gasteiger partial charge in [-0.2, -0.15) is 0 Å². The van der Waals surface area contributed by atoms with Gasteiger partial charge in [0.15, 0.2) is 11.6 Å². The van der Waals surface area contributed by atoms with Crippen LogP contribution < -0.4 is 14.4 Å². The Morgan fingerprint density at radius 1 is 0.610 bits per heavy atom. The highest BCUT2D eigenvalue weighted by Crippen LogP contribution is 2.27. The van der Waals surface area contributed by atoms with Crippen molar-refractivity contribution in [1.29, 1.82) is 0 Å². The average molecular weight is 546 g/mol. The van der Waals surface area contributed by atoms with E-state index in [-0.39, 0.29) is 11.6 Å². The van der Waals surface area contributed by atoms with Crippen LogP contribution in [0.4, 0.5) is 11.4 Å². The third-order valence-electron chi connectivity index (χ3n) is 6.75. The number of methoxy groups -OCH3 is 2. The van der Waals surface area contributed by atoms with Crippen LogP contribution in [0.2, 0.25) is 0 Å². The first-order valence-electron chi connectivity index (χ1n) is 13.7. The first-order chi connectivity index (χ1) is 20.0. The van der Waals surface area contributed by atoms with Crippen molar-refractivity contribution in [2.45, 2.75) is 19.8 Å². The second-order valence-corrected chi connectivity index (χ2v) is 9.54. The summed E-state index contributed by atoms with van der Waals surface area (Å²) in [7, 11) is 3.21. The summed E-state index contributed by atoms with van der Waals surface area (Å²) in [5.41, 5.74) is 5.30. The first kappa shape index (κ1) is 29.1. The number of benzene rings is 4. The van der Waals surface area contributed by atoms with Gasteiger partial charge in [0.1, 0.15) is 11.5 Å². The Labute approximate surface area is 242 Å². The van der Waals surface area contributed by atoms with Crippen LogP contribution >= 0.6 is 0 Å². The predicted octanol–water partition coefficient (Wildman–Crippen LogP) is 8.43. The van der Waals surface area contributed by atoms with Gasteiger partial charge < -0.3 is 14.4 Å². The molecule has 0 fully saturated rings. The molecule has 0 unspecified atom stereocenters. The van der Waals surface area contributed by atoms with Crippen LogP contribution in [0.15, 0.2) is 109 Å². The zero-order valence-corrected chi connectivity index (χ0v) is 23.7. The molecule has 4 rings (SSSR count). The molecule has 4 aromatic carbocycles. The number of unbranched alkanes of at least 4 members (excludes halogenated alkanes) is 1. The fourth-order valence-electron chi connectivity index (χ4n) is 4.30. The molecule has 4 aromatic rings. The van der Waals surface area contributed by atoms with Crippen molar-refractivity contribution in [3.8, 4) is 11.5 Å². The molecule has 5 nitrogen and oxygen atoms in total. The Bertz CT molecular complexity index is 1370. The molecule has 0 aromatic heterocycles. The van der Waals surface area contributed by atoms with Crippen LogP contribution in [-0.2, 0) is 0 Å². The Hall–Kier alpha value is -4.90. The largest absolute Gasteiger partial charge is 0.497 e. The molecular formula is C36H35NO4. The van der Waals surface area contributed by atoms with Crippen molar-refractivity contribution < 1.29 is 19.1 Å². The summed E-state index contributed by atoms with van der Waals surface area (Å²) in [6.07, 6.45) is 8.99. The first-order valence-corrected chi connectivity index (χ1v) is 13.7. The summed E-state index contributed by atoms with van der Waals surface area (Å²) in [5, 5.41) is 0. The summed E-state index contributed by atoms with van der Waals surface area (Å²) >= 11 is 0. The molecular weight excluding hydrogens is 510 g/mol. The standard InChI is InChI=1S/C36H35NO4/c1-4-5-26-37(31-16-6-27(7-17-31)10-24-35(38)29-12-20-33(40-2)21-13-29)32-18-8-28(9-19-32)11-25-36(39)30-14-22-34(41-3)23-15-30/h6-25H,4-5,26H2,1-3H3. The number of nitrogens with zero attached hydrogens (tertiary/aromatic N) is 1. The SMILES string of the molecule is CCCCN(c1ccc(C=CC(=O)c2ccc(OC)cc2)cc1)c1ccc(C=CC(=O)c2ccc(OC)cc2)cc1. The van der Waals surface area contributed by atoms with E-state index in [9.17, 15) is 9.59 Å². The van der Waals surface area contributed by atoms with Crippen molar-refractivity contribution in [2.24, 2.45) is 0 Å². The lowest BCUT2D eigenvalue weighted by atomic mass is 10.1. The van der Waals surface area contributed by atoms with Gasteiger partial charge in [-0.05, 0) is 102 Å². The second kappa shape index (κ2) is 14.5. The lowest BCUT2D eigenvalue weighted by Crippen LogP contribution is -2.18. The maximum absolute atomic E-state index is 12.5.